The van der Waals surface area contributed by atoms with E-state index in [1.807, 2.05) is 11.0 Å². The molecule has 5 nitrogen and oxygen atoms in total. The summed E-state index contributed by atoms with van der Waals surface area (Å²) in [6.07, 6.45) is 8.80. The molecule has 1 amide bonds. The second-order valence-corrected chi connectivity index (χ2v) is 7.88. The number of nitrogens with zero attached hydrogens (tertiary/aromatic N) is 3. The van der Waals surface area contributed by atoms with Crippen molar-refractivity contribution in [2.75, 3.05) is 26.3 Å². The lowest BCUT2D eigenvalue weighted by molar-refractivity contribution is -0.149. The van der Waals surface area contributed by atoms with E-state index < -0.39 is 5.41 Å². The molecule has 1 aromatic heterocycles. The van der Waals surface area contributed by atoms with E-state index >= 15 is 0 Å². The number of carbonyl (C=O) groups is 1. The van der Waals surface area contributed by atoms with E-state index in [9.17, 15) is 9.18 Å². The molecule has 148 valence electrons. The van der Waals surface area contributed by atoms with Crippen LogP contribution in [0.1, 0.15) is 42.9 Å². The first-order valence-corrected chi connectivity index (χ1v) is 10.0. The summed E-state index contributed by atoms with van der Waals surface area (Å²) >= 11 is 0. The molecule has 0 bridgehead atoms. The predicted octanol–water partition coefficient (Wildman–Crippen LogP) is 3.36. The largest absolute Gasteiger partial charge is 0.381 e. The van der Waals surface area contributed by atoms with E-state index in [4.69, 9.17) is 4.74 Å². The van der Waals surface area contributed by atoms with E-state index in [2.05, 4.69) is 9.97 Å². The molecule has 2 aromatic rings. The summed E-state index contributed by atoms with van der Waals surface area (Å²) in [5.74, 6) is 0.0987. The number of benzene rings is 1. The minimum atomic E-state index is -0.593. The highest BCUT2D eigenvalue weighted by Gasteiger charge is 2.44. The van der Waals surface area contributed by atoms with Gasteiger partial charge in [0, 0.05) is 50.8 Å². The Morgan fingerprint density at radius 3 is 2.82 bits per heavy atom. The topological polar surface area (TPSA) is 55.3 Å². The Bertz CT molecular complexity index is 808. The number of halogens is 1. The molecule has 2 aliphatic rings. The van der Waals surface area contributed by atoms with Crippen LogP contribution in [0.3, 0.4) is 0 Å². The Balaban J connectivity index is 1.56. The molecule has 0 N–H and O–H groups in total. The highest BCUT2D eigenvalue weighted by molar-refractivity contribution is 5.83. The maximum Gasteiger partial charge on any atom is 0.229 e. The molecule has 0 saturated carbocycles. The number of likely N-dealkylation sites (tertiary alicyclic amines) is 1. The van der Waals surface area contributed by atoms with Gasteiger partial charge in [-0.25, -0.2) is 4.39 Å². The third-order valence-corrected chi connectivity index (χ3v) is 6.10. The number of carbonyl (C=O) groups excluding carboxylic acids is 1. The van der Waals surface area contributed by atoms with Crippen LogP contribution in [0.2, 0.25) is 0 Å². The smallest absolute Gasteiger partial charge is 0.229 e. The van der Waals surface area contributed by atoms with Crippen LogP contribution in [0, 0.1) is 11.2 Å². The Morgan fingerprint density at radius 1 is 1.25 bits per heavy atom. The number of piperidine rings is 1. The third-order valence-electron chi connectivity index (χ3n) is 6.10. The Kier molecular flexibility index (Phi) is 5.67. The summed E-state index contributed by atoms with van der Waals surface area (Å²) < 4.78 is 19.9. The van der Waals surface area contributed by atoms with Crippen molar-refractivity contribution in [2.24, 2.45) is 5.41 Å². The molecule has 0 aliphatic carbocycles. The maximum absolute atomic E-state index is 14.3. The van der Waals surface area contributed by atoms with Crippen molar-refractivity contribution < 1.29 is 13.9 Å². The summed E-state index contributed by atoms with van der Waals surface area (Å²) in [5.41, 5.74) is 0.959. The number of ether oxygens (including phenoxy) is 1. The van der Waals surface area contributed by atoms with Gasteiger partial charge < -0.3 is 9.64 Å². The molecule has 2 fully saturated rings. The minimum Gasteiger partial charge on any atom is -0.381 e. The summed E-state index contributed by atoms with van der Waals surface area (Å²) in [6.45, 7) is 2.48. The first-order chi connectivity index (χ1) is 13.7. The quantitative estimate of drug-likeness (QED) is 0.812. The Morgan fingerprint density at radius 2 is 2.07 bits per heavy atom. The molecule has 4 rings (SSSR count). The molecule has 1 unspecified atom stereocenters. The van der Waals surface area contributed by atoms with Crippen molar-refractivity contribution in [3.8, 4) is 0 Å². The number of hydrogen-bond acceptors (Lipinski definition) is 4. The molecule has 3 heterocycles. The average molecular weight is 383 g/mol. The van der Waals surface area contributed by atoms with Gasteiger partial charge in [-0.2, -0.15) is 0 Å². The number of hydrogen-bond donors (Lipinski definition) is 0. The van der Waals surface area contributed by atoms with Crippen molar-refractivity contribution in [1.82, 2.24) is 14.9 Å². The van der Waals surface area contributed by atoms with Crippen molar-refractivity contribution in [2.45, 2.75) is 38.0 Å². The van der Waals surface area contributed by atoms with Crippen LogP contribution in [0.25, 0.3) is 0 Å². The lowest BCUT2D eigenvalue weighted by Gasteiger charge is -2.42. The van der Waals surface area contributed by atoms with Crippen LogP contribution in [0.4, 0.5) is 4.39 Å². The van der Waals surface area contributed by atoms with Crippen LogP contribution in [0.15, 0.2) is 42.9 Å². The van der Waals surface area contributed by atoms with Gasteiger partial charge in [-0.15, -0.1) is 0 Å². The second-order valence-electron chi connectivity index (χ2n) is 7.88. The lowest BCUT2D eigenvalue weighted by Crippen LogP contribution is -2.51. The molecular formula is C22H26FN3O2. The lowest BCUT2D eigenvalue weighted by atomic mass is 9.73. The zero-order valence-corrected chi connectivity index (χ0v) is 16.0. The summed E-state index contributed by atoms with van der Waals surface area (Å²) in [5, 5.41) is 0. The zero-order valence-electron chi connectivity index (χ0n) is 16.0. The van der Waals surface area contributed by atoms with Gasteiger partial charge in [-0.05, 0) is 43.7 Å². The van der Waals surface area contributed by atoms with Crippen molar-refractivity contribution in [3.63, 3.8) is 0 Å². The van der Waals surface area contributed by atoms with Gasteiger partial charge in [0.25, 0.3) is 0 Å². The Labute approximate surface area is 164 Å². The van der Waals surface area contributed by atoms with Crippen LogP contribution < -0.4 is 0 Å². The van der Waals surface area contributed by atoms with Crippen LogP contribution in [-0.2, 0) is 16.0 Å². The van der Waals surface area contributed by atoms with Crippen molar-refractivity contribution in [3.05, 3.63) is 59.9 Å². The molecule has 2 aliphatic heterocycles. The van der Waals surface area contributed by atoms with Crippen LogP contribution in [0.5, 0.6) is 0 Å². The fraction of sp³-hybridized carbons (Fsp3) is 0.500. The molecule has 2 saturated heterocycles. The van der Waals surface area contributed by atoms with Gasteiger partial charge in [0.05, 0.1) is 11.1 Å². The molecule has 0 radical (unpaired) electrons. The molecule has 28 heavy (non-hydrogen) atoms. The summed E-state index contributed by atoms with van der Waals surface area (Å²) in [6, 6.07) is 6.78. The maximum atomic E-state index is 14.3. The first-order valence-electron chi connectivity index (χ1n) is 10.0. The average Bonchev–Trinajstić information content (AvgIpc) is 2.76. The Hall–Kier alpha value is -2.34. The molecule has 1 aromatic carbocycles. The molecule has 0 spiro atoms. The fourth-order valence-electron chi connectivity index (χ4n) is 4.49. The fourth-order valence-corrected chi connectivity index (χ4v) is 4.49. The standard InChI is InChI=1S/C22H26FN3O2/c23-19-6-2-1-4-17(19)14-22(7-12-28-13-8-22)21(27)26-11-3-5-18(16-26)20-15-24-9-10-25-20/h1-2,4,6,9-10,15,18H,3,5,7-8,11-14,16H2. The van der Waals surface area contributed by atoms with Gasteiger partial charge in [0.15, 0.2) is 0 Å². The van der Waals surface area contributed by atoms with E-state index in [0.29, 0.717) is 44.6 Å². The van der Waals surface area contributed by atoms with E-state index in [0.717, 1.165) is 25.1 Å². The SMILES string of the molecule is O=C(N1CCCC(c2cnccn2)C1)C1(Cc2ccccc2F)CCOCC1. The molecule has 1 atom stereocenters. The number of rotatable bonds is 4. The number of amides is 1. The van der Waals surface area contributed by atoms with Crippen LogP contribution in [-0.4, -0.2) is 47.1 Å². The monoisotopic (exact) mass is 383 g/mol. The number of aromatic nitrogens is 2. The molecular weight excluding hydrogens is 357 g/mol. The third kappa shape index (κ3) is 3.92. The predicted molar refractivity (Wildman–Crippen MR) is 103 cm³/mol. The summed E-state index contributed by atoms with van der Waals surface area (Å²) in [4.78, 5) is 24.3. The first kappa shape index (κ1) is 19.0. The van der Waals surface area contributed by atoms with Gasteiger partial charge >= 0.3 is 0 Å². The highest BCUT2D eigenvalue weighted by atomic mass is 19.1. The van der Waals surface area contributed by atoms with Gasteiger partial charge in [-0.1, -0.05) is 18.2 Å². The van der Waals surface area contributed by atoms with Gasteiger partial charge in [0.1, 0.15) is 5.82 Å². The van der Waals surface area contributed by atoms with Crippen molar-refractivity contribution in [1.29, 1.82) is 0 Å². The van der Waals surface area contributed by atoms with E-state index in [-0.39, 0.29) is 17.6 Å². The molecule has 6 heteroatoms. The van der Waals surface area contributed by atoms with Crippen molar-refractivity contribution >= 4 is 5.91 Å². The van der Waals surface area contributed by atoms with E-state index in [1.165, 1.54) is 6.07 Å². The van der Waals surface area contributed by atoms with Gasteiger partial charge in [-0.3, -0.25) is 14.8 Å². The summed E-state index contributed by atoms with van der Waals surface area (Å²) in [7, 11) is 0. The van der Waals surface area contributed by atoms with E-state index in [1.54, 1.807) is 30.7 Å². The second kappa shape index (κ2) is 8.35. The normalized spacial score (nSPS) is 22.0. The van der Waals surface area contributed by atoms with Gasteiger partial charge in [0.2, 0.25) is 5.91 Å². The van der Waals surface area contributed by atoms with Crippen LogP contribution >= 0.6 is 0 Å². The minimum absolute atomic E-state index is 0.132. The highest BCUT2D eigenvalue weighted by Crippen LogP contribution is 2.38. The zero-order chi connectivity index (χ0) is 19.4.